The Balaban J connectivity index is 2.48. The van der Waals surface area contributed by atoms with Crippen molar-refractivity contribution in [3.8, 4) is 5.75 Å². The number of Topliss-reactive ketones (excluding diaryl/α,β-unsaturated/α-hetero) is 1. The first kappa shape index (κ1) is 18.1. The third-order valence-electron chi connectivity index (χ3n) is 2.74. The zero-order valence-electron chi connectivity index (χ0n) is 13.0. The fourth-order valence-electron chi connectivity index (χ4n) is 1.51. The second-order valence-electron chi connectivity index (χ2n) is 4.57. The molecule has 0 radical (unpaired) electrons. The molecule has 0 unspecified atom stereocenters. The molecular formula is C15H18N2O6. The zero-order chi connectivity index (χ0) is 17.4. The predicted octanol–water partition coefficient (Wildman–Crippen LogP) is 0.655. The summed E-state index contributed by atoms with van der Waals surface area (Å²) >= 11 is 0. The lowest BCUT2D eigenvalue weighted by molar-refractivity contribution is -0.156. The molecule has 2 N–H and O–H groups in total. The first-order valence-corrected chi connectivity index (χ1v) is 6.79. The zero-order valence-corrected chi connectivity index (χ0v) is 13.0. The Labute approximate surface area is 133 Å². The SMILES string of the molecule is CNC(=O)NC(=O)[C@@H](C)OC(=O)COc1cccc(C(C)=O)c1. The largest absolute Gasteiger partial charge is 0.482 e. The van der Waals surface area contributed by atoms with Gasteiger partial charge in [0.2, 0.25) is 0 Å². The van der Waals surface area contributed by atoms with Crippen molar-refractivity contribution in [2.45, 2.75) is 20.0 Å². The molecule has 1 rings (SSSR count). The lowest BCUT2D eigenvalue weighted by Gasteiger charge is -2.13. The van der Waals surface area contributed by atoms with E-state index in [4.69, 9.17) is 9.47 Å². The van der Waals surface area contributed by atoms with Crippen LogP contribution in [-0.2, 0) is 14.3 Å². The quantitative estimate of drug-likeness (QED) is 0.588. The lowest BCUT2D eigenvalue weighted by atomic mass is 10.1. The number of carbonyl (C=O) groups excluding carboxylic acids is 4. The summed E-state index contributed by atoms with van der Waals surface area (Å²) in [6, 6.07) is 5.63. The Morgan fingerprint density at radius 1 is 1.22 bits per heavy atom. The minimum Gasteiger partial charge on any atom is -0.482 e. The van der Waals surface area contributed by atoms with Gasteiger partial charge in [0, 0.05) is 12.6 Å². The van der Waals surface area contributed by atoms with E-state index >= 15 is 0 Å². The molecule has 0 aliphatic rings. The third-order valence-corrected chi connectivity index (χ3v) is 2.74. The van der Waals surface area contributed by atoms with Gasteiger partial charge in [0.15, 0.2) is 18.5 Å². The average molecular weight is 322 g/mol. The average Bonchev–Trinajstić information content (AvgIpc) is 2.52. The van der Waals surface area contributed by atoms with Crippen LogP contribution in [0.25, 0.3) is 0 Å². The van der Waals surface area contributed by atoms with Crippen LogP contribution in [0.3, 0.4) is 0 Å². The number of ether oxygens (including phenoxy) is 2. The Morgan fingerprint density at radius 3 is 2.52 bits per heavy atom. The van der Waals surface area contributed by atoms with Crippen LogP contribution in [-0.4, -0.2) is 43.4 Å². The molecule has 0 saturated carbocycles. The molecule has 0 saturated heterocycles. The molecule has 124 valence electrons. The van der Waals surface area contributed by atoms with Crippen molar-refractivity contribution in [1.29, 1.82) is 0 Å². The Morgan fingerprint density at radius 2 is 1.91 bits per heavy atom. The fraction of sp³-hybridized carbons (Fsp3) is 0.333. The van der Waals surface area contributed by atoms with Gasteiger partial charge >= 0.3 is 12.0 Å². The van der Waals surface area contributed by atoms with Crippen LogP contribution in [0.2, 0.25) is 0 Å². The maximum Gasteiger partial charge on any atom is 0.344 e. The number of urea groups is 1. The van der Waals surface area contributed by atoms with Crippen molar-refractivity contribution in [2.24, 2.45) is 0 Å². The molecule has 3 amide bonds. The summed E-state index contributed by atoms with van der Waals surface area (Å²) in [6.07, 6.45) is -1.15. The number of esters is 1. The number of rotatable bonds is 6. The monoisotopic (exact) mass is 322 g/mol. The fourth-order valence-corrected chi connectivity index (χ4v) is 1.51. The van der Waals surface area contributed by atoms with E-state index in [9.17, 15) is 19.2 Å². The molecule has 0 aromatic heterocycles. The minimum atomic E-state index is -1.15. The molecule has 1 aromatic carbocycles. The first-order valence-electron chi connectivity index (χ1n) is 6.79. The van der Waals surface area contributed by atoms with Gasteiger partial charge in [-0.25, -0.2) is 9.59 Å². The highest BCUT2D eigenvalue weighted by Gasteiger charge is 2.19. The summed E-state index contributed by atoms with van der Waals surface area (Å²) in [5.41, 5.74) is 0.453. The Kier molecular flexibility index (Phi) is 6.72. The predicted molar refractivity (Wildman–Crippen MR) is 80.1 cm³/mol. The number of benzene rings is 1. The standard InChI is InChI=1S/C15H18N2O6/c1-9(18)11-5-4-6-12(7-11)22-8-13(19)23-10(2)14(20)17-15(21)16-3/h4-7,10H,8H2,1-3H3,(H2,16,17,20,21)/t10-/m1/s1. The van der Waals surface area contributed by atoms with Gasteiger partial charge in [-0.15, -0.1) is 0 Å². The second kappa shape index (κ2) is 8.52. The number of hydrogen-bond acceptors (Lipinski definition) is 6. The number of amides is 3. The highest BCUT2D eigenvalue weighted by atomic mass is 16.6. The molecule has 8 heteroatoms. The molecule has 1 aromatic rings. The van der Waals surface area contributed by atoms with Gasteiger partial charge in [0.25, 0.3) is 5.91 Å². The molecule has 23 heavy (non-hydrogen) atoms. The van der Waals surface area contributed by atoms with E-state index in [1.165, 1.54) is 27.0 Å². The molecule has 0 bridgehead atoms. The van der Waals surface area contributed by atoms with Gasteiger partial charge in [-0.1, -0.05) is 12.1 Å². The van der Waals surface area contributed by atoms with E-state index in [-0.39, 0.29) is 5.78 Å². The maximum atomic E-state index is 11.6. The third kappa shape index (κ3) is 6.16. The summed E-state index contributed by atoms with van der Waals surface area (Å²) < 4.78 is 10.0. The molecule has 0 fully saturated rings. The second-order valence-corrected chi connectivity index (χ2v) is 4.57. The van der Waals surface area contributed by atoms with E-state index in [1.54, 1.807) is 18.2 Å². The van der Waals surface area contributed by atoms with E-state index in [1.807, 2.05) is 5.32 Å². The normalized spacial score (nSPS) is 11.1. The summed E-state index contributed by atoms with van der Waals surface area (Å²) in [7, 11) is 1.35. The summed E-state index contributed by atoms with van der Waals surface area (Å²) in [4.78, 5) is 45.3. The molecule has 0 heterocycles. The van der Waals surface area contributed by atoms with Gasteiger partial charge in [0.05, 0.1) is 0 Å². The Hall–Kier alpha value is -2.90. The van der Waals surface area contributed by atoms with Crippen molar-refractivity contribution < 1.29 is 28.7 Å². The number of imide groups is 1. The molecular weight excluding hydrogens is 304 g/mol. The van der Waals surface area contributed by atoms with Crippen molar-refractivity contribution in [3.63, 3.8) is 0 Å². The Bertz CT molecular complexity index is 614. The number of hydrogen-bond donors (Lipinski definition) is 2. The first-order chi connectivity index (χ1) is 10.8. The van der Waals surface area contributed by atoms with Crippen LogP contribution in [0, 0.1) is 0 Å². The molecule has 0 aliphatic heterocycles. The van der Waals surface area contributed by atoms with Crippen LogP contribution in [0.5, 0.6) is 5.75 Å². The van der Waals surface area contributed by atoms with Crippen LogP contribution in [0.1, 0.15) is 24.2 Å². The van der Waals surface area contributed by atoms with Gasteiger partial charge in [-0.05, 0) is 26.0 Å². The lowest BCUT2D eigenvalue weighted by Crippen LogP contribution is -2.43. The molecule has 0 spiro atoms. The van der Waals surface area contributed by atoms with Crippen molar-refractivity contribution in [2.75, 3.05) is 13.7 Å². The van der Waals surface area contributed by atoms with Gasteiger partial charge < -0.3 is 14.8 Å². The summed E-state index contributed by atoms with van der Waals surface area (Å²) in [6.45, 7) is 2.31. The van der Waals surface area contributed by atoms with E-state index in [0.29, 0.717) is 11.3 Å². The van der Waals surface area contributed by atoms with Crippen LogP contribution < -0.4 is 15.4 Å². The highest BCUT2D eigenvalue weighted by molar-refractivity contribution is 5.97. The van der Waals surface area contributed by atoms with Crippen molar-refractivity contribution in [3.05, 3.63) is 29.8 Å². The topological polar surface area (TPSA) is 111 Å². The molecule has 8 nitrogen and oxygen atoms in total. The highest BCUT2D eigenvalue weighted by Crippen LogP contribution is 2.13. The summed E-state index contributed by atoms with van der Waals surface area (Å²) in [5, 5.41) is 4.19. The number of ketones is 1. The number of nitrogens with one attached hydrogen (secondary N) is 2. The van der Waals surface area contributed by atoms with Crippen molar-refractivity contribution in [1.82, 2.24) is 10.6 Å². The smallest absolute Gasteiger partial charge is 0.344 e. The van der Waals surface area contributed by atoms with E-state index in [0.717, 1.165) is 0 Å². The van der Waals surface area contributed by atoms with Crippen molar-refractivity contribution >= 4 is 23.7 Å². The van der Waals surface area contributed by atoms with E-state index < -0.39 is 30.6 Å². The van der Waals surface area contributed by atoms with Crippen LogP contribution in [0.4, 0.5) is 4.79 Å². The van der Waals surface area contributed by atoms with Crippen LogP contribution in [0.15, 0.2) is 24.3 Å². The molecule has 0 aliphatic carbocycles. The van der Waals surface area contributed by atoms with Crippen LogP contribution >= 0.6 is 0 Å². The summed E-state index contributed by atoms with van der Waals surface area (Å²) in [5.74, 6) is -1.33. The van der Waals surface area contributed by atoms with E-state index in [2.05, 4.69) is 5.32 Å². The number of carbonyl (C=O) groups is 4. The maximum absolute atomic E-state index is 11.6. The van der Waals surface area contributed by atoms with Gasteiger partial charge in [0.1, 0.15) is 5.75 Å². The molecule has 1 atom stereocenters. The van der Waals surface area contributed by atoms with Gasteiger partial charge in [-0.2, -0.15) is 0 Å². The minimum absolute atomic E-state index is 0.127. The van der Waals surface area contributed by atoms with Gasteiger partial charge in [-0.3, -0.25) is 14.9 Å².